The van der Waals surface area contributed by atoms with Crippen LogP contribution in [0.2, 0.25) is 0 Å². The molecule has 0 rings (SSSR count). The Labute approximate surface area is 61.9 Å². The molecule has 0 spiro atoms. The van der Waals surface area contributed by atoms with Gasteiger partial charge in [-0.1, -0.05) is 12.1 Å². The van der Waals surface area contributed by atoms with E-state index >= 15 is 0 Å². The third-order valence-electron chi connectivity index (χ3n) is 1.64. The van der Waals surface area contributed by atoms with Crippen molar-refractivity contribution in [2.75, 3.05) is 7.05 Å². The molecule has 10 heavy (non-hydrogen) atoms. The van der Waals surface area contributed by atoms with Gasteiger partial charge in [-0.05, 0) is 20.4 Å². The fraction of sp³-hybridized carbons (Fsp3) is 1.00. The van der Waals surface area contributed by atoms with Gasteiger partial charge in [-0.15, -0.1) is 0 Å². The highest BCUT2D eigenvalue weighted by Crippen LogP contribution is 2.01. The van der Waals surface area contributed by atoms with Crippen LogP contribution in [-0.2, 0) is 0 Å². The number of rotatable bonds is 4. The summed E-state index contributed by atoms with van der Waals surface area (Å²) in [5.41, 5.74) is 0. The Balaban J connectivity index is 3.75. The molecule has 60 valence electrons. The molecular formula is C6H16N4. The van der Waals surface area contributed by atoms with Gasteiger partial charge >= 0.3 is 0 Å². The highest BCUT2D eigenvalue weighted by atomic mass is 15.3. The Hall–Kier alpha value is -0.640. The van der Waals surface area contributed by atoms with Crippen LogP contribution in [0.25, 0.3) is 0 Å². The lowest BCUT2D eigenvalue weighted by molar-refractivity contribution is 0.456. The molecule has 0 saturated heterocycles. The predicted molar refractivity (Wildman–Crippen MR) is 41.6 cm³/mol. The quantitative estimate of drug-likeness (QED) is 0.346. The number of nitrogens with two attached hydrogens (primary N) is 1. The van der Waals surface area contributed by atoms with Gasteiger partial charge in [0, 0.05) is 6.04 Å². The molecule has 0 amide bonds. The van der Waals surface area contributed by atoms with Crippen LogP contribution in [0.3, 0.4) is 0 Å². The van der Waals surface area contributed by atoms with E-state index < -0.39 is 0 Å². The second-order valence-electron chi connectivity index (χ2n) is 2.27. The van der Waals surface area contributed by atoms with E-state index in [1.165, 1.54) is 0 Å². The molecule has 0 aliphatic carbocycles. The van der Waals surface area contributed by atoms with Gasteiger partial charge in [0.05, 0.1) is 6.04 Å². The topological polar surface area (TPSA) is 62.8 Å². The van der Waals surface area contributed by atoms with Gasteiger partial charge in [-0.25, -0.2) is 0 Å². The number of nitrogens with zero attached hydrogens (tertiary/aromatic N) is 2. The Morgan fingerprint density at radius 1 is 1.60 bits per heavy atom. The largest absolute Gasteiger partial charge is 0.315 e. The van der Waals surface area contributed by atoms with Gasteiger partial charge < -0.3 is 11.2 Å². The van der Waals surface area contributed by atoms with Crippen LogP contribution in [0, 0.1) is 0 Å². The van der Waals surface area contributed by atoms with Crippen molar-refractivity contribution in [2.45, 2.75) is 32.4 Å². The summed E-state index contributed by atoms with van der Waals surface area (Å²) >= 11 is 0. The summed E-state index contributed by atoms with van der Waals surface area (Å²) < 4.78 is 0. The van der Waals surface area contributed by atoms with Crippen molar-refractivity contribution in [3.8, 4) is 0 Å². The first-order valence-corrected chi connectivity index (χ1v) is 3.53. The Morgan fingerprint density at radius 2 is 2.20 bits per heavy atom. The third-order valence-corrected chi connectivity index (χ3v) is 1.64. The van der Waals surface area contributed by atoms with Crippen molar-refractivity contribution in [2.24, 2.45) is 16.2 Å². The van der Waals surface area contributed by atoms with Gasteiger partial charge in [-0.2, -0.15) is 5.11 Å². The first kappa shape index (κ1) is 9.36. The maximum absolute atomic E-state index is 4.91. The maximum Gasteiger partial charge on any atom is 0.0853 e. The molecule has 4 heteroatoms. The molecular weight excluding hydrogens is 128 g/mol. The molecule has 2 atom stereocenters. The van der Waals surface area contributed by atoms with Crippen molar-refractivity contribution in [3.05, 3.63) is 0 Å². The molecule has 0 radical (unpaired) electrons. The van der Waals surface area contributed by atoms with E-state index in [4.69, 9.17) is 5.84 Å². The number of likely N-dealkylation sites (N-methyl/N-ethyl adjacent to an activating group) is 1. The van der Waals surface area contributed by atoms with E-state index in [2.05, 4.69) is 22.6 Å². The summed E-state index contributed by atoms with van der Waals surface area (Å²) in [5, 5.41) is 10.2. The van der Waals surface area contributed by atoms with Crippen LogP contribution in [0.15, 0.2) is 10.3 Å². The van der Waals surface area contributed by atoms with E-state index in [0.29, 0.717) is 6.04 Å². The number of hydrogen-bond donors (Lipinski definition) is 2. The molecule has 0 aromatic heterocycles. The van der Waals surface area contributed by atoms with Crippen LogP contribution >= 0.6 is 0 Å². The molecule has 0 aliphatic rings. The molecule has 0 heterocycles. The lowest BCUT2D eigenvalue weighted by Gasteiger charge is -2.16. The average molecular weight is 144 g/mol. The lowest BCUT2D eigenvalue weighted by atomic mass is 10.1. The van der Waals surface area contributed by atoms with Crippen LogP contribution in [0.1, 0.15) is 20.3 Å². The maximum atomic E-state index is 4.91. The number of hydrogen-bond acceptors (Lipinski definition) is 3. The minimum atomic E-state index is 0.167. The molecule has 0 bridgehead atoms. The molecule has 2 unspecified atom stereocenters. The van der Waals surface area contributed by atoms with Crippen molar-refractivity contribution >= 4 is 0 Å². The Kier molecular flexibility index (Phi) is 4.84. The van der Waals surface area contributed by atoms with Gasteiger partial charge in [0.15, 0.2) is 0 Å². The van der Waals surface area contributed by atoms with E-state index in [-0.39, 0.29) is 6.04 Å². The van der Waals surface area contributed by atoms with Crippen LogP contribution in [-0.4, -0.2) is 19.1 Å². The van der Waals surface area contributed by atoms with Crippen molar-refractivity contribution < 1.29 is 0 Å². The molecule has 0 saturated carbocycles. The van der Waals surface area contributed by atoms with Crippen molar-refractivity contribution in [1.29, 1.82) is 0 Å². The summed E-state index contributed by atoms with van der Waals surface area (Å²) in [6.45, 7) is 4.09. The average Bonchev–Trinajstić information content (AvgIpc) is 1.91. The fourth-order valence-electron chi connectivity index (χ4n) is 0.972. The van der Waals surface area contributed by atoms with E-state index in [1.54, 1.807) is 0 Å². The van der Waals surface area contributed by atoms with Crippen LogP contribution < -0.4 is 11.2 Å². The summed E-state index contributed by atoms with van der Waals surface area (Å²) in [6.07, 6.45) is 1.04. The lowest BCUT2D eigenvalue weighted by Crippen LogP contribution is -2.33. The molecule has 0 aromatic rings. The van der Waals surface area contributed by atoms with Crippen LogP contribution in [0.4, 0.5) is 0 Å². The first-order valence-electron chi connectivity index (χ1n) is 3.53. The minimum Gasteiger partial charge on any atom is -0.315 e. The van der Waals surface area contributed by atoms with Gasteiger partial charge in [0.1, 0.15) is 0 Å². The SMILES string of the molecule is CCC(NC)C(C)N=NN. The normalized spacial score (nSPS) is 17.5. The summed E-state index contributed by atoms with van der Waals surface area (Å²) in [4.78, 5) is 0. The standard InChI is InChI=1S/C6H16N4/c1-4-6(8-3)5(2)9-10-7/h5-6,8H,4H2,1-3H3,(H2,7,9). The molecule has 0 fully saturated rings. The second kappa shape index (κ2) is 5.17. The summed E-state index contributed by atoms with van der Waals surface area (Å²) in [6, 6.07) is 0.548. The van der Waals surface area contributed by atoms with E-state index in [0.717, 1.165) is 6.42 Å². The van der Waals surface area contributed by atoms with Crippen LogP contribution in [0.5, 0.6) is 0 Å². The van der Waals surface area contributed by atoms with Gasteiger partial charge in [0.25, 0.3) is 0 Å². The monoisotopic (exact) mass is 144 g/mol. The van der Waals surface area contributed by atoms with E-state index in [9.17, 15) is 0 Å². The summed E-state index contributed by atoms with van der Waals surface area (Å²) in [5.74, 6) is 4.91. The first-order chi connectivity index (χ1) is 4.76. The highest BCUT2D eigenvalue weighted by Gasteiger charge is 2.10. The summed E-state index contributed by atoms with van der Waals surface area (Å²) in [7, 11) is 1.91. The fourth-order valence-corrected chi connectivity index (χ4v) is 0.972. The smallest absolute Gasteiger partial charge is 0.0853 e. The Morgan fingerprint density at radius 3 is 2.50 bits per heavy atom. The number of nitrogens with one attached hydrogen (secondary N) is 1. The minimum absolute atomic E-state index is 0.167. The molecule has 4 nitrogen and oxygen atoms in total. The second-order valence-corrected chi connectivity index (χ2v) is 2.27. The van der Waals surface area contributed by atoms with Gasteiger partial charge in [-0.3, -0.25) is 0 Å². The van der Waals surface area contributed by atoms with E-state index in [1.807, 2.05) is 14.0 Å². The third kappa shape index (κ3) is 2.77. The molecule has 0 aliphatic heterocycles. The zero-order valence-electron chi connectivity index (χ0n) is 6.83. The molecule has 3 N–H and O–H groups in total. The van der Waals surface area contributed by atoms with Crippen molar-refractivity contribution in [3.63, 3.8) is 0 Å². The predicted octanol–water partition coefficient (Wildman–Crippen LogP) is 0.699. The highest BCUT2D eigenvalue weighted by molar-refractivity contribution is 4.73. The van der Waals surface area contributed by atoms with Crippen molar-refractivity contribution in [1.82, 2.24) is 5.32 Å². The zero-order chi connectivity index (χ0) is 7.98. The zero-order valence-corrected chi connectivity index (χ0v) is 6.83. The molecule has 0 aromatic carbocycles. The van der Waals surface area contributed by atoms with Gasteiger partial charge in [0.2, 0.25) is 0 Å². The Bertz CT molecular complexity index is 97.9.